The Morgan fingerprint density at radius 2 is 1.69 bits per heavy atom. The van der Waals surface area contributed by atoms with Crippen LogP contribution in [0.25, 0.3) is 0 Å². The third-order valence-electron chi connectivity index (χ3n) is 2.15. The first-order chi connectivity index (χ1) is 7.60. The quantitative estimate of drug-likeness (QED) is 0.761. The molecule has 0 aromatic heterocycles. The van der Waals surface area contributed by atoms with E-state index in [0.717, 1.165) is 0 Å². The highest BCUT2D eigenvalue weighted by molar-refractivity contribution is 5.89. The van der Waals surface area contributed by atoms with Gasteiger partial charge in [-0.1, -0.05) is 12.1 Å². The van der Waals surface area contributed by atoms with Crippen LogP contribution in [0.2, 0.25) is 0 Å². The summed E-state index contributed by atoms with van der Waals surface area (Å²) < 4.78 is 9.05. The van der Waals surface area contributed by atoms with Crippen LogP contribution in [0, 0.1) is 0 Å². The minimum Gasteiger partial charge on any atom is -0.468 e. The number of nitrogens with two attached hydrogens (primary N) is 1. The maximum Gasteiger partial charge on any atom is 0.337 e. The normalized spacial score (nSPS) is 11.7. The van der Waals surface area contributed by atoms with Crippen molar-refractivity contribution in [1.82, 2.24) is 0 Å². The molecule has 0 fully saturated rings. The van der Waals surface area contributed by atoms with E-state index in [1.807, 2.05) is 0 Å². The second kappa shape index (κ2) is 5.27. The summed E-state index contributed by atoms with van der Waals surface area (Å²) in [4.78, 5) is 22.3. The Morgan fingerprint density at radius 1 is 1.12 bits per heavy atom. The number of carbonyl (C=O) groups excluding carboxylic acids is 2. The van der Waals surface area contributed by atoms with Gasteiger partial charge in [0.15, 0.2) is 0 Å². The number of benzene rings is 1. The van der Waals surface area contributed by atoms with Gasteiger partial charge in [-0.05, 0) is 17.7 Å². The molecule has 1 rings (SSSR count). The molecule has 1 aromatic carbocycles. The predicted molar refractivity (Wildman–Crippen MR) is 56.7 cm³/mol. The molecule has 0 aliphatic heterocycles. The van der Waals surface area contributed by atoms with Gasteiger partial charge in [-0.2, -0.15) is 0 Å². The van der Waals surface area contributed by atoms with Gasteiger partial charge in [-0.3, -0.25) is 4.79 Å². The number of hydrogen-bond donors (Lipinski definition) is 1. The molecule has 16 heavy (non-hydrogen) atoms. The number of carbonyl (C=O) groups is 2. The summed E-state index contributed by atoms with van der Waals surface area (Å²) >= 11 is 0. The highest BCUT2D eigenvalue weighted by atomic mass is 16.5. The van der Waals surface area contributed by atoms with Crippen molar-refractivity contribution in [2.45, 2.75) is 6.04 Å². The minimum atomic E-state index is -0.836. The molecule has 0 bridgehead atoms. The lowest BCUT2D eigenvalue weighted by atomic mass is 10.1. The lowest BCUT2D eigenvalue weighted by Crippen LogP contribution is -2.22. The monoisotopic (exact) mass is 223 g/mol. The number of hydrogen-bond acceptors (Lipinski definition) is 5. The molecule has 1 aromatic rings. The molecule has 5 nitrogen and oxygen atoms in total. The fourth-order valence-corrected chi connectivity index (χ4v) is 1.21. The largest absolute Gasteiger partial charge is 0.468 e. The van der Waals surface area contributed by atoms with E-state index in [-0.39, 0.29) is 0 Å². The van der Waals surface area contributed by atoms with E-state index < -0.39 is 18.0 Å². The molecule has 0 saturated heterocycles. The molecule has 0 radical (unpaired) electrons. The highest BCUT2D eigenvalue weighted by Gasteiger charge is 2.16. The Morgan fingerprint density at radius 3 is 2.12 bits per heavy atom. The summed E-state index contributed by atoms with van der Waals surface area (Å²) in [6, 6.07) is 5.44. The lowest BCUT2D eigenvalue weighted by molar-refractivity contribution is -0.142. The van der Waals surface area contributed by atoms with Crippen molar-refractivity contribution in [3.05, 3.63) is 35.4 Å². The van der Waals surface area contributed by atoms with Crippen LogP contribution in [0.15, 0.2) is 24.3 Å². The van der Waals surface area contributed by atoms with Crippen molar-refractivity contribution in [1.29, 1.82) is 0 Å². The smallest absolute Gasteiger partial charge is 0.337 e. The molecular weight excluding hydrogens is 210 g/mol. The standard InChI is InChI=1S/C11H13NO4/c1-15-10(13)8-5-3-7(4-6-8)9(12)11(14)16-2/h3-6,9H,12H2,1-2H3. The van der Waals surface area contributed by atoms with Crippen molar-refractivity contribution in [3.8, 4) is 0 Å². The third-order valence-corrected chi connectivity index (χ3v) is 2.15. The summed E-state index contributed by atoms with van der Waals surface area (Å²) in [6.45, 7) is 0. The van der Waals surface area contributed by atoms with Gasteiger partial charge in [0.2, 0.25) is 0 Å². The Labute approximate surface area is 93.1 Å². The van der Waals surface area contributed by atoms with Crippen LogP contribution in [0.5, 0.6) is 0 Å². The molecule has 0 spiro atoms. The van der Waals surface area contributed by atoms with E-state index in [0.29, 0.717) is 11.1 Å². The first-order valence-electron chi connectivity index (χ1n) is 4.62. The van der Waals surface area contributed by atoms with E-state index >= 15 is 0 Å². The predicted octanol–water partition coefficient (Wildman–Crippen LogP) is 0.646. The van der Waals surface area contributed by atoms with Gasteiger partial charge in [-0.25, -0.2) is 4.79 Å². The number of methoxy groups -OCH3 is 2. The van der Waals surface area contributed by atoms with Crippen LogP contribution in [0.4, 0.5) is 0 Å². The third kappa shape index (κ3) is 2.58. The van der Waals surface area contributed by atoms with Crippen LogP contribution in [-0.4, -0.2) is 26.2 Å². The Hall–Kier alpha value is -1.88. The van der Waals surface area contributed by atoms with E-state index in [1.54, 1.807) is 24.3 Å². The molecule has 2 N–H and O–H groups in total. The van der Waals surface area contributed by atoms with E-state index in [2.05, 4.69) is 9.47 Å². The summed E-state index contributed by atoms with van der Waals surface area (Å²) in [5, 5.41) is 0. The molecule has 0 saturated carbocycles. The van der Waals surface area contributed by atoms with Crippen LogP contribution >= 0.6 is 0 Å². The van der Waals surface area contributed by atoms with E-state index in [9.17, 15) is 9.59 Å². The second-order valence-electron chi connectivity index (χ2n) is 3.11. The van der Waals surface area contributed by atoms with Gasteiger partial charge in [0.1, 0.15) is 6.04 Å². The Balaban J connectivity index is 2.86. The first kappa shape index (κ1) is 12.2. The van der Waals surface area contributed by atoms with Crippen molar-refractivity contribution in [2.24, 2.45) is 5.73 Å². The summed E-state index contributed by atoms with van der Waals surface area (Å²) in [5.41, 5.74) is 6.61. The fraction of sp³-hybridized carbons (Fsp3) is 0.273. The van der Waals surface area contributed by atoms with Crippen LogP contribution in [-0.2, 0) is 14.3 Å². The average Bonchev–Trinajstić information content (AvgIpc) is 2.36. The zero-order chi connectivity index (χ0) is 12.1. The molecule has 86 valence electrons. The molecule has 0 aliphatic carbocycles. The van der Waals surface area contributed by atoms with E-state index in [1.165, 1.54) is 14.2 Å². The molecule has 0 amide bonds. The maximum absolute atomic E-state index is 11.1. The molecular formula is C11H13NO4. The molecule has 1 unspecified atom stereocenters. The number of ether oxygens (including phenoxy) is 2. The first-order valence-corrected chi connectivity index (χ1v) is 4.62. The van der Waals surface area contributed by atoms with Crippen LogP contribution in [0.1, 0.15) is 22.0 Å². The van der Waals surface area contributed by atoms with Crippen LogP contribution in [0.3, 0.4) is 0 Å². The molecule has 0 aliphatic rings. The van der Waals surface area contributed by atoms with Gasteiger partial charge in [-0.15, -0.1) is 0 Å². The van der Waals surface area contributed by atoms with Gasteiger partial charge in [0, 0.05) is 0 Å². The van der Waals surface area contributed by atoms with Crippen molar-refractivity contribution in [2.75, 3.05) is 14.2 Å². The van der Waals surface area contributed by atoms with Crippen molar-refractivity contribution < 1.29 is 19.1 Å². The Kier molecular flexibility index (Phi) is 4.02. The zero-order valence-corrected chi connectivity index (χ0v) is 9.10. The van der Waals surface area contributed by atoms with Crippen LogP contribution < -0.4 is 5.73 Å². The van der Waals surface area contributed by atoms with Gasteiger partial charge in [0.25, 0.3) is 0 Å². The van der Waals surface area contributed by atoms with Gasteiger partial charge < -0.3 is 15.2 Å². The van der Waals surface area contributed by atoms with Gasteiger partial charge in [0.05, 0.1) is 19.8 Å². The highest BCUT2D eigenvalue weighted by Crippen LogP contribution is 2.13. The Bertz CT molecular complexity index is 385. The average molecular weight is 223 g/mol. The van der Waals surface area contributed by atoms with Crippen molar-refractivity contribution in [3.63, 3.8) is 0 Å². The SMILES string of the molecule is COC(=O)c1ccc(C(N)C(=O)OC)cc1. The van der Waals surface area contributed by atoms with Crippen molar-refractivity contribution >= 4 is 11.9 Å². The topological polar surface area (TPSA) is 78.6 Å². The molecule has 0 heterocycles. The fourth-order valence-electron chi connectivity index (χ4n) is 1.21. The molecule has 5 heteroatoms. The zero-order valence-electron chi connectivity index (χ0n) is 9.10. The van der Waals surface area contributed by atoms with E-state index in [4.69, 9.17) is 5.73 Å². The summed E-state index contributed by atoms with van der Waals surface area (Å²) in [5.74, 6) is -0.955. The lowest BCUT2D eigenvalue weighted by Gasteiger charge is -2.09. The molecule has 1 atom stereocenters. The summed E-state index contributed by atoms with van der Waals surface area (Å²) in [7, 11) is 2.57. The summed E-state index contributed by atoms with van der Waals surface area (Å²) in [6.07, 6.45) is 0. The second-order valence-corrected chi connectivity index (χ2v) is 3.11. The minimum absolute atomic E-state index is 0.406. The van der Waals surface area contributed by atoms with Gasteiger partial charge >= 0.3 is 11.9 Å². The number of rotatable bonds is 3. The number of esters is 2. The maximum atomic E-state index is 11.1.